The average Bonchev–Trinajstić information content (AvgIpc) is 3.14. The quantitative estimate of drug-likeness (QED) is 0.555. The maximum absolute atomic E-state index is 12.9. The fourth-order valence-electron chi connectivity index (χ4n) is 3.67. The number of hydrogen-bond acceptors (Lipinski definition) is 8. The molecule has 1 saturated heterocycles. The van der Waals surface area contributed by atoms with Crippen molar-refractivity contribution in [2.24, 2.45) is 0 Å². The number of nitrogens with one attached hydrogen (secondary N) is 1. The number of hydrogen-bond donors (Lipinski definition) is 1. The van der Waals surface area contributed by atoms with Gasteiger partial charge in [0.2, 0.25) is 5.75 Å². The second-order valence-electron chi connectivity index (χ2n) is 7.54. The maximum Gasteiger partial charge on any atom is 0.293 e. The monoisotopic (exact) mass is 496 g/mol. The van der Waals surface area contributed by atoms with Crippen molar-refractivity contribution < 1.29 is 33.3 Å². The molecule has 2 aliphatic rings. The summed E-state index contributed by atoms with van der Waals surface area (Å²) < 4.78 is 21.6. The van der Waals surface area contributed by atoms with Crippen LogP contribution in [-0.2, 0) is 9.59 Å². The molecule has 2 aliphatic heterocycles. The van der Waals surface area contributed by atoms with E-state index in [9.17, 15) is 14.4 Å². The molecule has 9 nitrogen and oxygen atoms in total. The molecular formula is C25H24N2O7S. The first-order valence-electron chi connectivity index (χ1n) is 10.7. The lowest BCUT2D eigenvalue weighted by atomic mass is 10.1. The second-order valence-corrected chi connectivity index (χ2v) is 8.54. The molecule has 0 aliphatic carbocycles. The largest absolute Gasteiger partial charge is 0.493 e. The summed E-state index contributed by atoms with van der Waals surface area (Å²) in [7, 11) is 4.50. The third-order valence-corrected chi connectivity index (χ3v) is 6.31. The number of carbonyl (C=O) groups excluding carboxylic acids is 3. The van der Waals surface area contributed by atoms with Gasteiger partial charge >= 0.3 is 0 Å². The van der Waals surface area contributed by atoms with Crippen molar-refractivity contribution >= 4 is 41.0 Å². The number of rotatable bonds is 8. The van der Waals surface area contributed by atoms with Gasteiger partial charge < -0.3 is 24.3 Å². The van der Waals surface area contributed by atoms with Crippen LogP contribution in [0.5, 0.6) is 23.0 Å². The first-order valence-corrected chi connectivity index (χ1v) is 11.5. The molecule has 35 heavy (non-hydrogen) atoms. The van der Waals surface area contributed by atoms with Gasteiger partial charge in [0, 0.05) is 18.7 Å². The highest BCUT2D eigenvalue weighted by Crippen LogP contribution is 2.40. The minimum Gasteiger partial charge on any atom is -0.493 e. The van der Waals surface area contributed by atoms with Gasteiger partial charge in [-0.25, -0.2) is 0 Å². The minimum atomic E-state index is -0.433. The molecule has 2 aromatic carbocycles. The standard InChI is InChI=1S/C25H24N2O7S/c1-31-19-10-15(11-20(32-2)22(19)33-3)12-21-24(29)27(25(30)35-21)9-8-26-23(28)17-13-16-6-4-5-7-18(16)34-14-17/h4-7,10-13H,8-9,14H2,1-3H3,(H,26,28)/b21-12-. The summed E-state index contributed by atoms with van der Waals surface area (Å²) in [5.74, 6) is 1.28. The number of imide groups is 1. The third-order valence-electron chi connectivity index (χ3n) is 5.40. The van der Waals surface area contributed by atoms with Crippen molar-refractivity contribution in [1.29, 1.82) is 0 Å². The van der Waals surface area contributed by atoms with Crippen LogP contribution in [0.3, 0.4) is 0 Å². The molecule has 0 aromatic heterocycles. The fraction of sp³-hybridized carbons (Fsp3) is 0.240. The Hall–Kier alpha value is -3.92. The molecule has 2 heterocycles. The fourth-order valence-corrected chi connectivity index (χ4v) is 4.54. The Morgan fingerprint density at radius 3 is 2.51 bits per heavy atom. The van der Waals surface area contributed by atoms with Crippen molar-refractivity contribution in [2.75, 3.05) is 41.0 Å². The minimum absolute atomic E-state index is 0.0493. The summed E-state index contributed by atoms with van der Waals surface area (Å²) in [6.07, 6.45) is 3.37. The number of thioether (sulfide) groups is 1. The Morgan fingerprint density at radius 1 is 1.11 bits per heavy atom. The molecule has 0 bridgehead atoms. The molecule has 0 spiro atoms. The van der Waals surface area contributed by atoms with Gasteiger partial charge in [-0.1, -0.05) is 18.2 Å². The van der Waals surface area contributed by atoms with Crippen LogP contribution in [0.15, 0.2) is 46.9 Å². The number of para-hydroxylation sites is 1. The summed E-state index contributed by atoms with van der Waals surface area (Å²) in [5, 5.41) is 2.34. The molecule has 0 unspecified atom stereocenters. The number of ether oxygens (including phenoxy) is 4. The van der Waals surface area contributed by atoms with Gasteiger partial charge in [0.05, 0.1) is 31.8 Å². The highest BCUT2D eigenvalue weighted by molar-refractivity contribution is 8.18. The number of benzene rings is 2. The lowest BCUT2D eigenvalue weighted by molar-refractivity contribution is -0.123. The number of fused-ring (bicyclic) bond motifs is 1. The zero-order valence-electron chi connectivity index (χ0n) is 19.5. The van der Waals surface area contributed by atoms with Crippen molar-refractivity contribution in [2.45, 2.75) is 0 Å². The van der Waals surface area contributed by atoms with Crippen molar-refractivity contribution in [3.05, 3.63) is 58.0 Å². The molecule has 0 radical (unpaired) electrons. The zero-order valence-corrected chi connectivity index (χ0v) is 20.3. The first-order chi connectivity index (χ1) is 16.9. The van der Waals surface area contributed by atoms with E-state index in [1.807, 2.05) is 24.3 Å². The predicted molar refractivity (Wildman–Crippen MR) is 132 cm³/mol. The van der Waals surface area contributed by atoms with Crippen LogP contribution in [0.25, 0.3) is 12.2 Å². The lowest BCUT2D eigenvalue weighted by Crippen LogP contribution is -2.38. The summed E-state index contributed by atoms with van der Waals surface area (Å²) in [6, 6.07) is 10.8. The SMILES string of the molecule is COc1cc(/C=C2\SC(=O)N(CCNC(=O)C3=Cc4ccccc4OC3)C2=O)cc(OC)c1OC. The topological polar surface area (TPSA) is 103 Å². The van der Waals surface area contributed by atoms with Crippen LogP contribution in [0.2, 0.25) is 0 Å². The van der Waals surface area contributed by atoms with Gasteiger partial charge in [-0.15, -0.1) is 0 Å². The van der Waals surface area contributed by atoms with E-state index >= 15 is 0 Å². The van der Waals surface area contributed by atoms with Crippen LogP contribution < -0.4 is 24.3 Å². The molecule has 1 fully saturated rings. The third kappa shape index (κ3) is 5.12. The van der Waals surface area contributed by atoms with Crippen LogP contribution >= 0.6 is 11.8 Å². The van der Waals surface area contributed by atoms with Crippen LogP contribution in [0, 0.1) is 0 Å². The molecule has 10 heteroatoms. The molecule has 3 amide bonds. The van der Waals surface area contributed by atoms with Gasteiger partial charge in [0.15, 0.2) is 11.5 Å². The normalized spacial score (nSPS) is 15.9. The molecule has 4 rings (SSSR count). The predicted octanol–water partition coefficient (Wildman–Crippen LogP) is 3.34. The van der Waals surface area contributed by atoms with E-state index in [2.05, 4.69) is 5.32 Å². The smallest absolute Gasteiger partial charge is 0.293 e. The van der Waals surface area contributed by atoms with E-state index in [-0.39, 0.29) is 30.5 Å². The van der Waals surface area contributed by atoms with E-state index in [1.54, 1.807) is 24.3 Å². The van der Waals surface area contributed by atoms with Crippen LogP contribution in [-0.4, -0.2) is 63.0 Å². The van der Waals surface area contributed by atoms with Gasteiger partial charge in [0.1, 0.15) is 12.4 Å². The lowest BCUT2D eigenvalue weighted by Gasteiger charge is -2.18. The highest BCUT2D eigenvalue weighted by Gasteiger charge is 2.35. The Morgan fingerprint density at radius 2 is 1.83 bits per heavy atom. The van der Waals surface area contributed by atoms with Gasteiger partial charge in [-0.2, -0.15) is 0 Å². The maximum atomic E-state index is 12.9. The second kappa shape index (κ2) is 10.6. The van der Waals surface area contributed by atoms with E-state index < -0.39 is 11.1 Å². The molecular weight excluding hydrogens is 472 g/mol. The van der Waals surface area contributed by atoms with Crippen molar-refractivity contribution in [3.8, 4) is 23.0 Å². The molecule has 1 N–H and O–H groups in total. The van der Waals surface area contributed by atoms with Gasteiger partial charge in [0.25, 0.3) is 17.1 Å². The first kappa shape index (κ1) is 24.2. The van der Waals surface area contributed by atoms with E-state index in [4.69, 9.17) is 18.9 Å². The van der Waals surface area contributed by atoms with Crippen molar-refractivity contribution in [1.82, 2.24) is 10.2 Å². The van der Waals surface area contributed by atoms with Gasteiger partial charge in [-0.3, -0.25) is 19.3 Å². The Labute approximate surface area is 206 Å². The highest BCUT2D eigenvalue weighted by atomic mass is 32.2. The molecule has 182 valence electrons. The summed E-state index contributed by atoms with van der Waals surface area (Å²) >= 11 is 0.834. The number of methoxy groups -OCH3 is 3. The van der Waals surface area contributed by atoms with Crippen LogP contribution in [0.1, 0.15) is 11.1 Å². The Kier molecular flexibility index (Phi) is 7.31. The number of nitrogens with zero attached hydrogens (tertiary/aromatic N) is 1. The Balaban J connectivity index is 1.40. The molecule has 0 saturated carbocycles. The number of carbonyl (C=O) groups is 3. The molecule has 2 aromatic rings. The average molecular weight is 497 g/mol. The van der Waals surface area contributed by atoms with Gasteiger partial charge in [-0.05, 0) is 47.7 Å². The van der Waals surface area contributed by atoms with E-state index in [0.29, 0.717) is 28.4 Å². The summed E-state index contributed by atoms with van der Waals surface area (Å²) in [6.45, 7) is 0.322. The summed E-state index contributed by atoms with van der Waals surface area (Å²) in [4.78, 5) is 39.2. The van der Waals surface area contributed by atoms with E-state index in [0.717, 1.165) is 28.0 Å². The van der Waals surface area contributed by atoms with Crippen molar-refractivity contribution in [3.63, 3.8) is 0 Å². The molecule has 0 atom stereocenters. The van der Waals surface area contributed by atoms with Crippen LogP contribution in [0.4, 0.5) is 4.79 Å². The Bertz CT molecular complexity index is 1210. The number of amides is 3. The van der Waals surface area contributed by atoms with E-state index in [1.165, 1.54) is 21.3 Å². The summed E-state index contributed by atoms with van der Waals surface area (Å²) in [5.41, 5.74) is 1.91. The zero-order chi connectivity index (χ0) is 24.9.